The standard InChI is InChI=1S/C22H18Br2N2O4/c1-3-9-30-19-17(23)11-14(12-18(19)24)10-16-20(27)25-22(29)26(21(16)28)15-7-5-13(4-2)6-8-15/h3,5-8,10-12H,1,4,9H2,2H3,(H,25,27,29)/b16-10+. The zero-order valence-electron chi connectivity index (χ0n) is 16.1. The number of urea groups is 1. The van der Waals surface area contributed by atoms with E-state index in [-0.39, 0.29) is 5.57 Å². The number of carbonyl (C=O) groups is 3. The van der Waals surface area contributed by atoms with Crippen LogP contribution in [0.1, 0.15) is 18.1 Å². The number of halogens is 2. The predicted molar refractivity (Wildman–Crippen MR) is 122 cm³/mol. The first-order valence-electron chi connectivity index (χ1n) is 9.08. The number of carbonyl (C=O) groups excluding carboxylic acids is 3. The molecule has 0 atom stereocenters. The second-order valence-electron chi connectivity index (χ2n) is 6.39. The minimum atomic E-state index is -0.776. The number of rotatable bonds is 6. The van der Waals surface area contributed by atoms with Gasteiger partial charge in [-0.25, -0.2) is 9.69 Å². The fourth-order valence-electron chi connectivity index (χ4n) is 2.88. The van der Waals surface area contributed by atoms with Crippen molar-refractivity contribution in [1.29, 1.82) is 0 Å². The lowest BCUT2D eigenvalue weighted by molar-refractivity contribution is -0.122. The molecule has 1 N–H and O–H groups in total. The van der Waals surface area contributed by atoms with Gasteiger partial charge in [0.2, 0.25) is 0 Å². The maximum atomic E-state index is 13.0. The minimum Gasteiger partial charge on any atom is -0.487 e. The van der Waals surface area contributed by atoms with E-state index in [0.29, 0.717) is 32.6 Å². The van der Waals surface area contributed by atoms with Gasteiger partial charge in [-0.3, -0.25) is 14.9 Å². The number of ether oxygens (including phenoxy) is 1. The molecule has 1 saturated heterocycles. The summed E-state index contributed by atoms with van der Waals surface area (Å²) >= 11 is 6.85. The lowest BCUT2D eigenvalue weighted by atomic mass is 10.1. The molecule has 0 unspecified atom stereocenters. The minimum absolute atomic E-state index is 0.146. The molecule has 6 nitrogen and oxygen atoms in total. The van der Waals surface area contributed by atoms with Gasteiger partial charge in [-0.05, 0) is 79.7 Å². The van der Waals surface area contributed by atoms with E-state index in [9.17, 15) is 14.4 Å². The Morgan fingerprint density at radius 2 is 1.73 bits per heavy atom. The smallest absolute Gasteiger partial charge is 0.335 e. The Hall–Kier alpha value is -2.71. The number of imide groups is 2. The van der Waals surface area contributed by atoms with Gasteiger partial charge in [0.05, 0.1) is 14.6 Å². The molecule has 1 fully saturated rings. The molecule has 1 heterocycles. The van der Waals surface area contributed by atoms with Crippen LogP contribution < -0.4 is 15.0 Å². The summed E-state index contributed by atoms with van der Waals surface area (Å²) in [7, 11) is 0. The normalized spacial score (nSPS) is 15.4. The first kappa shape index (κ1) is 22.0. The fraction of sp³-hybridized carbons (Fsp3) is 0.136. The van der Waals surface area contributed by atoms with Crippen LogP contribution in [0.5, 0.6) is 5.75 Å². The number of hydrogen-bond donors (Lipinski definition) is 1. The Morgan fingerprint density at radius 1 is 1.10 bits per heavy atom. The van der Waals surface area contributed by atoms with Gasteiger partial charge >= 0.3 is 6.03 Å². The van der Waals surface area contributed by atoms with Gasteiger partial charge < -0.3 is 4.74 Å². The monoisotopic (exact) mass is 532 g/mol. The largest absolute Gasteiger partial charge is 0.487 e. The van der Waals surface area contributed by atoms with Gasteiger partial charge in [0.25, 0.3) is 11.8 Å². The molecule has 2 aromatic rings. The Morgan fingerprint density at radius 3 is 2.30 bits per heavy atom. The summed E-state index contributed by atoms with van der Waals surface area (Å²) in [6.45, 7) is 5.95. The number of amides is 4. The number of nitrogens with one attached hydrogen (secondary N) is 1. The molecular formula is C22H18Br2N2O4. The molecule has 0 aliphatic carbocycles. The first-order valence-corrected chi connectivity index (χ1v) is 10.7. The molecule has 1 aliphatic rings. The predicted octanol–water partition coefficient (Wildman–Crippen LogP) is 5.01. The van der Waals surface area contributed by atoms with Crippen molar-refractivity contribution in [3.05, 3.63) is 74.7 Å². The van der Waals surface area contributed by atoms with E-state index < -0.39 is 17.8 Å². The third-order valence-corrected chi connectivity index (χ3v) is 5.56. The van der Waals surface area contributed by atoms with E-state index >= 15 is 0 Å². The van der Waals surface area contributed by atoms with Gasteiger partial charge in [-0.1, -0.05) is 31.7 Å². The lowest BCUT2D eigenvalue weighted by Gasteiger charge is -2.26. The van der Waals surface area contributed by atoms with Crippen LogP contribution in [0, 0.1) is 0 Å². The summed E-state index contributed by atoms with van der Waals surface area (Å²) in [5.74, 6) is -0.859. The van der Waals surface area contributed by atoms with Crippen LogP contribution in [-0.4, -0.2) is 24.5 Å². The van der Waals surface area contributed by atoms with Crippen molar-refractivity contribution in [3.63, 3.8) is 0 Å². The summed E-state index contributed by atoms with van der Waals surface area (Å²) < 4.78 is 6.85. The summed E-state index contributed by atoms with van der Waals surface area (Å²) in [4.78, 5) is 38.7. The molecule has 154 valence electrons. The molecule has 0 saturated carbocycles. The van der Waals surface area contributed by atoms with Crippen molar-refractivity contribution in [1.82, 2.24) is 5.32 Å². The molecule has 0 spiro atoms. The van der Waals surface area contributed by atoms with Crippen LogP contribution in [0.15, 0.2) is 63.6 Å². The van der Waals surface area contributed by atoms with Crippen molar-refractivity contribution in [2.24, 2.45) is 0 Å². The van der Waals surface area contributed by atoms with Gasteiger partial charge in [-0.2, -0.15) is 0 Å². The van der Waals surface area contributed by atoms with Crippen LogP contribution in [0.25, 0.3) is 6.08 Å². The Kier molecular flexibility index (Phi) is 6.89. The van der Waals surface area contributed by atoms with Crippen molar-refractivity contribution < 1.29 is 19.1 Å². The quantitative estimate of drug-likeness (QED) is 0.322. The fourth-order valence-corrected chi connectivity index (χ4v) is 4.33. The van der Waals surface area contributed by atoms with Gasteiger partial charge in [0, 0.05) is 0 Å². The van der Waals surface area contributed by atoms with E-state index in [0.717, 1.165) is 16.9 Å². The molecule has 0 radical (unpaired) electrons. The number of nitrogens with zero attached hydrogens (tertiary/aromatic N) is 1. The molecule has 30 heavy (non-hydrogen) atoms. The van der Waals surface area contributed by atoms with Crippen molar-refractivity contribution >= 4 is 61.5 Å². The average Bonchev–Trinajstić information content (AvgIpc) is 2.71. The zero-order chi connectivity index (χ0) is 21.8. The summed E-state index contributed by atoms with van der Waals surface area (Å²) in [6.07, 6.45) is 3.89. The number of anilines is 1. The van der Waals surface area contributed by atoms with Crippen LogP contribution in [0.4, 0.5) is 10.5 Å². The summed E-state index contributed by atoms with van der Waals surface area (Å²) in [6, 6.07) is 9.70. The van der Waals surface area contributed by atoms with E-state index in [1.54, 1.807) is 30.3 Å². The highest BCUT2D eigenvalue weighted by Gasteiger charge is 2.36. The highest BCUT2D eigenvalue weighted by atomic mass is 79.9. The Balaban J connectivity index is 1.97. The highest BCUT2D eigenvalue weighted by molar-refractivity contribution is 9.11. The van der Waals surface area contributed by atoms with Crippen molar-refractivity contribution in [2.45, 2.75) is 13.3 Å². The van der Waals surface area contributed by atoms with Crippen LogP contribution >= 0.6 is 31.9 Å². The summed E-state index contributed by atoms with van der Waals surface area (Å²) in [5, 5.41) is 2.23. The second-order valence-corrected chi connectivity index (χ2v) is 8.10. The SMILES string of the molecule is C=CCOc1c(Br)cc(/C=C2\C(=O)NC(=O)N(c3ccc(CC)cc3)C2=O)cc1Br. The van der Waals surface area contributed by atoms with Crippen LogP contribution in [-0.2, 0) is 16.0 Å². The van der Waals surface area contributed by atoms with Gasteiger partial charge in [-0.15, -0.1) is 0 Å². The molecule has 3 rings (SSSR count). The zero-order valence-corrected chi connectivity index (χ0v) is 19.2. The molecule has 0 aromatic heterocycles. The van der Waals surface area contributed by atoms with E-state index in [1.807, 2.05) is 19.1 Å². The van der Waals surface area contributed by atoms with Crippen LogP contribution in [0.3, 0.4) is 0 Å². The van der Waals surface area contributed by atoms with E-state index in [4.69, 9.17) is 4.74 Å². The Labute approximate surface area is 190 Å². The molecule has 8 heteroatoms. The lowest BCUT2D eigenvalue weighted by Crippen LogP contribution is -2.54. The van der Waals surface area contributed by atoms with Crippen LogP contribution in [0.2, 0.25) is 0 Å². The Bertz CT molecular complexity index is 1040. The summed E-state index contributed by atoms with van der Waals surface area (Å²) in [5.41, 5.74) is 1.90. The maximum absolute atomic E-state index is 13.0. The van der Waals surface area contributed by atoms with Crippen molar-refractivity contribution in [3.8, 4) is 5.75 Å². The number of benzene rings is 2. The molecule has 1 aliphatic heterocycles. The third kappa shape index (κ3) is 4.55. The number of barbiturate groups is 1. The average molecular weight is 534 g/mol. The highest BCUT2D eigenvalue weighted by Crippen LogP contribution is 2.35. The van der Waals surface area contributed by atoms with E-state index in [2.05, 4.69) is 43.8 Å². The second kappa shape index (κ2) is 9.40. The number of hydrogen-bond acceptors (Lipinski definition) is 4. The molecule has 4 amide bonds. The maximum Gasteiger partial charge on any atom is 0.335 e. The molecular weight excluding hydrogens is 516 g/mol. The van der Waals surface area contributed by atoms with E-state index in [1.165, 1.54) is 6.08 Å². The topological polar surface area (TPSA) is 75.7 Å². The first-order chi connectivity index (χ1) is 14.3. The third-order valence-electron chi connectivity index (χ3n) is 4.38. The molecule has 0 bridgehead atoms. The number of aryl methyl sites for hydroxylation is 1. The molecule has 2 aromatic carbocycles. The van der Waals surface area contributed by atoms with Gasteiger partial charge in [0.15, 0.2) is 0 Å². The van der Waals surface area contributed by atoms with Crippen molar-refractivity contribution in [2.75, 3.05) is 11.5 Å². The van der Waals surface area contributed by atoms with Gasteiger partial charge in [0.1, 0.15) is 17.9 Å².